The molecule has 0 saturated carbocycles. The van der Waals surface area contributed by atoms with Crippen molar-refractivity contribution >= 4 is 46.9 Å². The Bertz CT molecular complexity index is 798. The van der Waals surface area contributed by atoms with Crippen LogP contribution < -0.4 is 0 Å². The third kappa shape index (κ3) is 5.78. The van der Waals surface area contributed by atoms with E-state index in [0.29, 0.717) is 11.1 Å². The average molecular weight is 377 g/mol. The van der Waals surface area contributed by atoms with E-state index in [9.17, 15) is 19.8 Å². The number of hydrogen-bond acceptors (Lipinski definition) is 4. The second-order valence-corrected chi connectivity index (χ2v) is 6.01. The summed E-state index contributed by atoms with van der Waals surface area (Å²) in [5, 5.41) is 19.0. The van der Waals surface area contributed by atoms with Crippen LogP contribution in [0.4, 0.5) is 0 Å². The molecular formula is C19H14Cl2O4. The van der Waals surface area contributed by atoms with Gasteiger partial charge in [-0.3, -0.25) is 9.59 Å². The first-order chi connectivity index (χ1) is 11.8. The fourth-order valence-electron chi connectivity index (χ4n) is 1.92. The second kappa shape index (κ2) is 8.51. The van der Waals surface area contributed by atoms with E-state index in [1.54, 1.807) is 12.1 Å². The largest absolute Gasteiger partial charge is 0.506 e. The lowest BCUT2D eigenvalue weighted by molar-refractivity contribution is -0.121. The van der Waals surface area contributed by atoms with E-state index in [1.807, 2.05) is 0 Å². The van der Waals surface area contributed by atoms with Crippen molar-refractivity contribution in [3.8, 4) is 11.5 Å². The quantitative estimate of drug-likeness (QED) is 0.567. The highest BCUT2D eigenvalue weighted by Crippen LogP contribution is 2.25. The molecule has 0 heterocycles. The van der Waals surface area contributed by atoms with Crippen LogP contribution in [0.25, 0.3) is 12.2 Å². The Hall–Kier alpha value is -2.56. The average Bonchev–Trinajstić information content (AvgIpc) is 2.57. The number of aromatic hydroxyl groups is 2. The highest BCUT2D eigenvalue weighted by molar-refractivity contribution is 6.32. The minimum Gasteiger partial charge on any atom is -0.506 e. The third-order valence-electron chi connectivity index (χ3n) is 3.22. The smallest absolute Gasteiger partial charge is 0.163 e. The Morgan fingerprint density at radius 3 is 1.56 bits per heavy atom. The van der Waals surface area contributed by atoms with Crippen LogP contribution in [-0.4, -0.2) is 21.8 Å². The van der Waals surface area contributed by atoms with E-state index >= 15 is 0 Å². The summed E-state index contributed by atoms with van der Waals surface area (Å²) in [6.07, 6.45) is 5.33. The molecule has 0 unspecified atom stereocenters. The Morgan fingerprint density at radius 2 is 1.20 bits per heavy atom. The minimum atomic E-state index is -0.359. The molecule has 2 rings (SSSR count). The molecule has 2 aromatic carbocycles. The van der Waals surface area contributed by atoms with Crippen molar-refractivity contribution < 1.29 is 19.8 Å². The zero-order valence-electron chi connectivity index (χ0n) is 12.9. The van der Waals surface area contributed by atoms with Crippen molar-refractivity contribution in [3.05, 3.63) is 69.7 Å². The van der Waals surface area contributed by atoms with Gasteiger partial charge in [-0.25, -0.2) is 0 Å². The van der Waals surface area contributed by atoms with Crippen LogP contribution in [0.1, 0.15) is 17.5 Å². The van der Waals surface area contributed by atoms with E-state index < -0.39 is 0 Å². The molecule has 0 radical (unpaired) electrons. The fourth-order valence-corrected chi connectivity index (χ4v) is 2.30. The van der Waals surface area contributed by atoms with Gasteiger partial charge >= 0.3 is 0 Å². The van der Waals surface area contributed by atoms with Crippen molar-refractivity contribution in [2.45, 2.75) is 6.42 Å². The van der Waals surface area contributed by atoms with Gasteiger partial charge in [-0.2, -0.15) is 0 Å². The van der Waals surface area contributed by atoms with Crippen LogP contribution >= 0.6 is 23.2 Å². The molecule has 0 amide bonds. The van der Waals surface area contributed by atoms with Crippen LogP contribution in [0, 0.1) is 0 Å². The number of phenolic OH excluding ortho intramolecular Hbond substituents is 2. The lowest BCUT2D eigenvalue weighted by Gasteiger charge is -1.98. The minimum absolute atomic E-state index is 0.0419. The predicted molar refractivity (Wildman–Crippen MR) is 98.9 cm³/mol. The van der Waals surface area contributed by atoms with Gasteiger partial charge in [-0.15, -0.1) is 0 Å². The Kier molecular flexibility index (Phi) is 6.39. The zero-order chi connectivity index (χ0) is 18.4. The molecule has 128 valence electrons. The summed E-state index contributed by atoms with van der Waals surface area (Å²) in [6, 6.07) is 9.06. The Labute approximate surface area is 154 Å². The number of allylic oxidation sites excluding steroid dienone is 2. The summed E-state index contributed by atoms with van der Waals surface area (Å²) in [6.45, 7) is 0. The monoisotopic (exact) mass is 376 g/mol. The van der Waals surface area contributed by atoms with E-state index in [4.69, 9.17) is 23.2 Å². The predicted octanol–water partition coefficient (Wildman–Crippen LogP) is 4.66. The first-order valence-corrected chi connectivity index (χ1v) is 7.99. The van der Waals surface area contributed by atoms with Crippen LogP contribution in [0.5, 0.6) is 11.5 Å². The standard InChI is InChI=1S/C19H14Cl2O4/c20-16-9-12(3-7-18(16)24)1-5-14(22)11-15(23)6-2-13-4-8-19(25)17(21)10-13/h1-10,24-25H,11H2. The van der Waals surface area contributed by atoms with Gasteiger partial charge < -0.3 is 10.2 Å². The molecule has 4 nitrogen and oxygen atoms in total. The number of halogens is 2. The summed E-state index contributed by atoms with van der Waals surface area (Å²) in [4.78, 5) is 23.6. The van der Waals surface area contributed by atoms with Gasteiger partial charge in [0, 0.05) is 0 Å². The van der Waals surface area contributed by atoms with Gasteiger partial charge in [0.2, 0.25) is 0 Å². The molecule has 0 spiro atoms. The summed E-state index contributed by atoms with van der Waals surface area (Å²) in [5.74, 6) is -0.801. The maximum Gasteiger partial charge on any atom is 0.163 e. The number of rotatable bonds is 6. The summed E-state index contributed by atoms with van der Waals surface area (Å²) >= 11 is 11.6. The second-order valence-electron chi connectivity index (χ2n) is 5.20. The highest BCUT2D eigenvalue weighted by atomic mass is 35.5. The molecule has 0 fully saturated rings. The van der Waals surface area contributed by atoms with Crippen molar-refractivity contribution in [1.29, 1.82) is 0 Å². The van der Waals surface area contributed by atoms with Crippen LogP contribution in [0.3, 0.4) is 0 Å². The van der Waals surface area contributed by atoms with E-state index in [1.165, 1.54) is 48.6 Å². The van der Waals surface area contributed by atoms with Gasteiger partial charge in [0.25, 0.3) is 0 Å². The number of carbonyl (C=O) groups is 2. The fraction of sp³-hybridized carbons (Fsp3) is 0.0526. The van der Waals surface area contributed by atoms with Gasteiger partial charge in [-0.05, 0) is 47.5 Å². The van der Waals surface area contributed by atoms with E-state index in [-0.39, 0.29) is 39.5 Å². The van der Waals surface area contributed by atoms with Crippen LogP contribution in [0.2, 0.25) is 10.0 Å². The molecule has 2 N–H and O–H groups in total. The van der Waals surface area contributed by atoms with Gasteiger partial charge in [0.15, 0.2) is 11.6 Å². The lowest BCUT2D eigenvalue weighted by Crippen LogP contribution is -2.01. The molecule has 2 aromatic rings. The molecule has 25 heavy (non-hydrogen) atoms. The highest BCUT2D eigenvalue weighted by Gasteiger charge is 2.05. The third-order valence-corrected chi connectivity index (χ3v) is 3.82. The summed E-state index contributed by atoms with van der Waals surface area (Å²) < 4.78 is 0. The van der Waals surface area contributed by atoms with Crippen molar-refractivity contribution in [3.63, 3.8) is 0 Å². The maximum atomic E-state index is 11.8. The number of hydrogen-bond donors (Lipinski definition) is 2. The molecule has 0 aromatic heterocycles. The molecular weight excluding hydrogens is 363 g/mol. The molecule has 0 aliphatic heterocycles. The first-order valence-electron chi connectivity index (χ1n) is 7.24. The first kappa shape index (κ1) is 18.8. The Balaban J connectivity index is 1.94. The van der Waals surface area contributed by atoms with Crippen LogP contribution in [-0.2, 0) is 9.59 Å². The normalized spacial score (nSPS) is 11.3. The van der Waals surface area contributed by atoms with Crippen LogP contribution in [0.15, 0.2) is 48.6 Å². The molecule has 0 atom stereocenters. The maximum absolute atomic E-state index is 11.8. The van der Waals surface area contributed by atoms with Gasteiger partial charge in [0.1, 0.15) is 11.5 Å². The molecule has 0 saturated heterocycles. The molecule has 0 aliphatic rings. The number of phenols is 2. The molecule has 0 bridgehead atoms. The summed E-state index contributed by atoms with van der Waals surface area (Å²) in [7, 11) is 0. The number of ketones is 2. The number of carbonyl (C=O) groups excluding carboxylic acids is 2. The SMILES string of the molecule is O=C(C=Cc1ccc(O)c(Cl)c1)CC(=O)C=Cc1ccc(O)c(Cl)c1. The van der Waals surface area contributed by atoms with Gasteiger partial charge in [0.05, 0.1) is 16.5 Å². The van der Waals surface area contributed by atoms with Crippen molar-refractivity contribution in [2.24, 2.45) is 0 Å². The van der Waals surface area contributed by atoms with E-state index in [2.05, 4.69) is 0 Å². The Morgan fingerprint density at radius 1 is 0.800 bits per heavy atom. The van der Waals surface area contributed by atoms with Crippen molar-refractivity contribution in [2.75, 3.05) is 0 Å². The number of benzene rings is 2. The topological polar surface area (TPSA) is 74.6 Å². The van der Waals surface area contributed by atoms with Gasteiger partial charge in [-0.1, -0.05) is 47.5 Å². The zero-order valence-corrected chi connectivity index (χ0v) is 14.5. The van der Waals surface area contributed by atoms with Crippen molar-refractivity contribution in [1.82, 2.24) is 0 Å². The van der Waals surface area contributed by atoms with E-state index in [0.717, 1.165) is 0 Å². The molecule has 6 heteroatoms. The molecule has 0 aliphatic carbocycles. The summed E-state index contributed by atoms with van der Waals surface area (Å²) in [5.41, 5.74) is 1.27. The lowest BCUT2D eigenvalue weighted by atomic mass is 10.1.